The Hall–Kier alpha value is -1.42. The van der Waals surface area contributed by atoms with E-state index in [1.54, 1.807) is 13.8 Å². The molecule has 0 unspecified atom stereocenters. The molecule has 0 aliphatic rings. The molecule has 0 amide bonds. The van der Waals surface area contributed by atoms with E-state index in [2.05, 4.69) is 32.7 Å². The minimum Gasteiger partial charge on any atom is -0.545 e. The van der Waals surface area contributed by atoms with Crippen LogP contribution in [0, 0.1) is 13.8 Å². The lowest BCUT2D eigenvalue weighted by molar-refractivity contribution is -0.929. The summed E-state index contributed by atoms with van der Waals surface area (Å²) in [6, 6.07) is 2.98. The van der Waals surface area contributed by atoms with Crippen LogP contribution in [0.2, 0.25) is 0 Å². The number of nitrogens with zero attached hydrogens (tertiary/aromatic N) is 2. The summed E-state index contributed by atoms with van der Waals surface area (Å²) in [5.74, 6) is -1.15. The van der Waals surface area contributed by atoms with Crippen molar-refractivity contribution in [3.8, 4) is 0 Å². The molecule has 0 bridgehead atoms. The highest BCUT2D eigenvalue weighted by atomic mass is 16.4. The molecule has 0 aliphatic carbocycles. The van der Waals surface area contributed by atoms with Gasteiger partial charge in [-0.15, -0.1) is 0 Å². The van der Waals surface area contributed by atoms with Gasteiger partial charge in [0.2, 0.25) is 0 Å². The zero-order valence-electron chi connectivity index (χ0n) is 19.4. The molecule has 4 heteroatoms. The molecular weight excluding hydrogens is 348 g/mol. The number of unbranched alkanes of at least 4 members (excludes halogenated alkanes) is 4. The molecule has 1 aromatic heterocycles. The first-order valence-corrected chi connectivity index (χ1v) is 11.4. The molecule has 162 valence electrons. The SMILES string of the molecule is CCCC[N+](CCCC)(CCCC)CCCC.Cc1cc(C(=O)[O-])cc(C)n1. The maximum Gasteiger partial charge on any atom is 0.0786 e. The van der Waals surface area contributed by atoms with Gasteiger partial charge in [0, 0.05) is 17.0 Å². The number of carbonyl (C=O) groups is 1. The lowest BCUT2D eigenvalue weighted by Gasteiger charge is -2.39. The molecule has 0 radical (unpaired) electrons. The molecule has 0 saturated heterocycles. The summed E-state index contributed by atoms with van der Waals surface area (Å²) in [6.07, 6.45) is 11.1. The average Bonchev–Trinajstić information content (AvgIpc) is 2.66. The summed E-state index contributed by atoms with van der Waals surface area (Å²) < 4.78 is 1.42. The van der Waals surface area contributed by atoms with Crippen LogP contribution in [0.1, 0.15) is 101 Å². The smallest absolute Gasteiger partial charge is 0.0786 e. The molecule has 4 nitrogen and oxygen atoms in total. The third kappa shape index (κ3) is 11.4. The van der Waals surface area contributed by atoms with E-state index in [9.17, 15) is 9.90 Å². The van der Waals surface area contributed by atoms with E-state index in [0.29, 0.717) is 11.4 Å². The molecule has 0 aliphatic heterocycles. The second-order valence-corrected chi connectivity index (χ2v) is 8.08. The van der Waals surface area contributed by atoms with Crippen LogP contribution in [0.3, 0.4) is 0 Å². The molecule has 28 heavy (non-hydrogen) atoms. The molecule has 0 saturated carbocycles. The van der Waals surface area contributed by atoms with Gasteiger partial charge in [0.15, 0.2) is 0 Å². The first-order valence-electron chi connectivity index (χ1n) is 11.4. The third-order valence-corrected chi connectivity index (χ3v) is 5.26. The van der Waals surface area contributed by atoms with Gasteiger partial charge >= 0.3 is 0 Å². The average molecular weight is 393 g/mol. The largest absolute Gasteiger partial charge is 0.545 e. The predicted molar refractivity (Wildman–Crippen MR) is 117 cm³/mol. The standard InChI is InChI=1S/C16H36N.C8H9NO2/c1-5-9-13-17(14-10-6-2,15-11-7-3)16-12-8-4;1-5-3-7(8(10)11)4-6(2)9-5/h5-16H2,1-4H3;3-4H,1-2H3,(H,10,11)/q+1;/p-1. The highest BCUT2D eigenvalue weighted by Crippen LogP contribution is 2.16. The van der Waals surface area contributed by atoms with Gasteiger partial charge in [0.1, 0.15) is 0 Å². The maximum atomic E-state index is 10.4. The Kier molecular flexibility index (Phi) is 14.7. The fourth-order valence-electron chi connectivity index (χ4n) is 3.60. The number of aryl methyl sites for hydroxylation is 2. The number of hydrogen-bond acceptors (Lipinski definition) is 3. The third-order valence-electron chi connectivity index (χ3n) is 5.26. The molecular formula is C24H44N2O2. The van der Waals surface area contributed by atoms with Crippen LogP contribution < -0.4 is 5.11 Å². The minimum atomic E-state index is -1.15. The zero-order chi connectivity index (χ0) is 21.4. The van der Waals surface area contributed by atoms with Gasteiger partial charge < -0.3 is 14.4 Å². The van der Waals surface area contributed by atoms with Crippen molar-refractivity contribution in [3.63, 3.8) is 0 Å². The van der Waals surface area contributed by atoms with Gasteiger partial charge in [-0.05, 0) is 51.7 Å². The second-order valence-electron chi connectivity index (χ2n) is 8.08. The minimum absolute atomic E-state index is 0.190. The monoisotopic (exact) mass is 392 g/mol. The Morgan fingerprint density at radius 3 is 1.36 bits per heavy atom. The fourth-order valence-corrected chi connectivity index (χ4v) is 3.60. The van der Waals surface area contributed by atoms with Crippen molar-refractivity contribution in [1.29, 1.82) is 0 Å². The number of carboxylic acid groups (broad SMARTS) is 1. The van der Waals surface area contributed by atoms with Crippen LogP contribution in [-0.2, 0) is 0 Å². The number of carbonyl (C=O) groups excluding carboxylic acids is 1. The van der Waals surface area contributed by atoms with Crippen LogP contribution in [0.5, 0.6) is 0 Å². The highest BCUT2D eigenvalue weighted by Gasteiger charge is 2.24. The first-order chi connectivity index (χ1) is 13.3. The molecule has 1 rings (SSSR count). The quantitative estimate of drug-likeness (QED) is 0.441. The molecule has 0 fully saturated rings. The van der Waals surface area contributed by atoms with E-state index >= 15 is 0 Å². The van der Waals surface area contributed by atoms with Crippen molar-refractivity contribution in [2.45, 2.75) is 92.9 Å². The van der Waals surface area contributed by atoms with Gasteiger partial charge in [-0.2, -0.15) is 0 Å². The fraction of sp³-hybridized carbons (Fsp3) is 0.750. The number of aromatic nitrogens is 1. The van der Waals surface area contributed by atoms with E-state index in [1.165, 1.54) is 94.2 Å². The topological polar surface area (TPSA) is 53.0 Å². The van der Waals surface area contributed by atoms with Gasteiger partial charge in [-0.3, -0.25) is 4.98 Å². The van der Waals surface area contributed by atoms with E-state index in [4.69, 9.17) is 0 Å². The van der Waals surface area contributed by atoms with Crippen molar-refractivity contribution in [2.24, 2.45) is 0 Å². The van der Waals surface area contributed by atoms with Crippen LogP contribution in [0.4, 0.5) is 0 Å². The molecule has 1 heterocycles. The van der Waals surface area contributed by atoms with E-state index in [-0.39, 0.29) is 5.56 Å². The maximum absolute atomic E-state index is 10.4. The predicted octanol–water partition coefficient (Wildman–Crippen LogP) is 5.07. The zero-order valence-corrected chi connectivity index (χ0v) is 19.4. The normalized spacial score (nSPS) is 11.1. The van der Waals surface area contributed by atoms with E-state index < -0.39 is 5.97 Å². The van der Waals surface area contributed by atoms with Crippen molar-refractivity contribution in [2.75, 3.05) is 26.2 Å². The lowest BCUT2D eigenvalue weighted by atomic mass is 10.1. The molecule has 0 atom stereocenters. The highest BCUT2D eigenvalue weighted by molar-refractivity contribution is 5.85. The molecule has 0 spiro atoms. The van der Waals surface area contributed by atoms with Gasteiger partial charge in [-0.25, -0.2) is 0 Å². The summed E-state index contributed by atoms with van der Waals surface area (Å²) in [5, 5.41) is 10.4. The number of rotatable bonds is 13. The molecule has 0 N–H and O–H groups in total. The van der Waals surface area contributed by atoms with E-state index in [0.717, 1.165) is 0 Å². The lowest BCUT2D eigenvalue weighted by Crippen LogP contribution is -2.50. The Bertz CT molecular complexity index is 486. The summed E-state index contributed by atoms with van der Waals surface area (Å²) in [4.78, 5) is 14.4. The molecule has 1 aromatic rings. The van der Waals surface area contributed by atoms with Crippen molar-refractivity contribution in [1.82, 2.24) is 4.98 Å². The van der Waals surface area contributed by atoms with Crippen LogP contribution in [0.25, 0.3) is 0 Å². The van der Waals surface area contributed by atoms with E-state index in [1.807, 2.05) is 0 Å². The molecule has 0 aromatic carbocycles. The number of pyridine rings is 1. The Morgan fingerprint density at radius 2 is 1.11 bits per heavy atom. The summed E-state index contributed by atoms with van der Waals surface area (Å²) >= 11 is 0. The van der Waals surface area contributed by atoms with Gasteiger partial charge in [0.25, 0.3) is 0 Å². The number of aromatic carboxylic acids is 1. The van der Waals surface area contributed by atoms with Gasteiger partial charge in [-0.1, -0.05) is 53.4 Å². The van der Waals surface area contributed by atoms with Crippen LogP contribution in [0.15, 0.2) is 12.1 Å². The van der Waals surface area contributed by atoms with Crippen molar-refractivity contribution in [3.05, 3.63) is 29.1 Å². The summed E-state index contributed by atoms with van der Waals surface area (Å²) in [7, 11) is 0. The van der Waals surface area contributed by atoms with Crippen LogP contribution >= 0.6 is 0 Å². The second kappa shape index (κ2) is 15.5. The van der Waals surface area contributed by atoms with Crippen LogP contribution in [-0.4, -0.2) is 41.6 Å². The number of hydrogen-bond donors (Lipinski definition) is 0. The van der Waals surface area contributed by atoms with Crippen molar-refractivity contribution < 1.29 is 14.4 Å². The van der Waals surface area contributed by atoms with Gasteiger partial charge in [0.05, 0.1) is 32.1 Å². The summed E-state index contributed by atoms with van der Waals surface area (Å²) in [6.45, 7) is 18.5. The Labute approximate surface area is 174 Å². The Morgan fingerprint density at radius 1 is 0.786 bits per heavy atom. The number of quaternary nitrogens is 1. The Balaban J connectivity index is 0.000000567. The van der Waals surface area contributed by atoms with Crippen molar-refractivity contribution >= 4 is 5.97 Å². The number of carboxylic acids is 1. The first kappa shape index (κ1) is 26.6. The summed E-state index contributed by atoms with van der Waals surface area (Å²) in [5.41, 5.74) is 1.59.